The van der Waals surface area contributed by atoms with Gasteiger partial charge in [0.15, 0.2) is 0 Å². The summed E-state index contributed by atoms with van der Waals surface area (Å²) in [4.78, 5) is 0. The van der Waals surface area contributed by atoms with E-state index in [-0.39, 0.29) is 16.7 Å². The maximum absolute atomic E-state index is 3.86. The van der Waals surface area contributed by atoms with Crippen molar-refractivity contribution in [1.29, 1.82) is 0 Å². The molecular formula is C63H56Zr. The predicted octanol–water partition coefficient (Wildman–Crippen LogP) is 16.4. The molecular weight excluding hydrogens is 848 g/mol. The number of rotatable bonds is 6. The summed E-state index contributed by atoms with van der Waals surface area (Å²) in [7, 11) is 0. The Kier molecular flexibility index (Phi) is 13.7. The van der Waals surface area contributed by atoms with Crippen LogP contribution in [-0.4, -0.2) is 3.21 Å². The van der Waals surface area contributed by atoms with Crippen molar-refractivity contribution in [2.45, 2.75) is 58.3 Å². The normalized spacial score (nSPS) is 13.8. The van der Waals surface area contributed by atoms with E-state index in [1.807, 2.05) is 0 Å². The molecule has 0 fully saturated rings. The zero-order valence-corrected chi connectivity index (χ0v) is 40.4. The molecule has 0 bridgehead atoms. The van der Waals surface area contributed by atoms with Crippen molar-refractivity contribution < 1.29 is 24.2 Å². The van der Waals surface area contributed by atoms with Crippen LogP contribution in [-0.2, 0) is 35.1 Å². The van der Waals surface area contributed by atoms with Crippen LogP contribution in [0.15, 0.2) is 224 Å². The molecule has 9 aromatic rings. The van der Waals surface area contributed by atoms with Gasteiger partial charge in [-0.15, -0.1) is 63.0 Å². The first-order valence-corrected chi connectivity index (χ1v) is 23.6. The minimum atomic E-state index is 0.101. The molecule has 64 heavy (non-hydrogen) atoms. The van der Waals surface area contributed by atoms with Crippen molar-refractivity contribution in [3.05, 3.63) is 275 Å². The fourth-order valence-corrected chi connectivity index (χ4v) is 9.28. The Morgan fingerprint density at radius 2 is 0.812 bits per heavy atom. The molecule has 0 radical (unpaired) electrons. The second-order valence-corrected chi connectivity index (χ2v) is 19.8. The number of hydrogen-bond donors (Lipinski definition) is 0. The standard InChI is InChI=1S/C29H21.C21H25.C13H10.Zr/c1-5-13-22(14-6-1)26-21-27(23-15-7-2-8-16-23)29(25-19-11-4-12-20-25)28(26)24-17-9-3-10-18-24;1-20(2,3)16-7-9-18-14(12-16)11-15-13-17(21(4,5)6)8-10-19(15)18;1-3-7-12(8-4-1)11-13-9-5-2-6-10-13;/h1-20,26H;7-13H,1-6H3;1-10H;/q2*-1;;+2. The summed E-state index contributed by atoms with van der Waals surface area (Å²) in [5, 5.41) is 5.48. The van der Waals surface area contributed by atoms with Crippen LogP contribution in [0.3, 0.4) is 0 Å². The van der Waals surface area contributed by atoms with Crippen molar-refractivity contribution in [1.82, 2.24) is 0 Å². The molecule has 1 atom stereocenters. The van der Waals surface area contributed by atoms with E-state index in [0.717, 1.165) is 0 Å². The van der Waals surface area contributed by atoms with Gasteiger partial charge in [-0.1, -0.05) is 197 Å². The summed E-state index contributed by atoms with van der Waals surface area (Å²) in [5.41, 5.74) is 14.6. The van der Waals surface area contributed by atoms with Crippen LogP contribution in [0.4, 0.5) is 0 Å². The van der Waals surface area contributed by atoms with Crippen molar-refractivity contribution in [2.75, 3.05) is 0 Å². The zero-order chi connectivity index (χ0) is 44.7. The Morgan fingerprint density at radius 1 is 0.438 bits per heavy atom. The van der Waals surface area contributed by atoms with Crippen LogP contribution >= 0.6 is 0 Å². The number of fused-ring (bicyclic) bond motifs is 3. The first-order valence-electron chi connectivity index (χ1n) is 22.4. The fourth-order valence-electron chi connectivity index (χ4n) is 8.46. The first-order chi connectivity index (χ1) is 31.0. The third-order valence-electron chi connectivity index (χ3n) is 12.0. The summed E-state index contributed by atoms with van der Waals surface area (Å²) in [6.07, 6.45) is 3.86. The molecule has 1 unspecified atom stereocenters. The summed E-state index contributed by atoms with van der Waals surface area (Å²) in [6, 6.07) is 80.1. The molecule has 0 saturated heterocycles. The SMILES string of the molecule is CC(C)(C)c1ccc2c(c1)[cH-]c1cc(C(C)(C)C)ccc12.[C-]1=C(c2ccccc2)C(c2ccccc2)=C(c2ccccc2)C1c1ccccc1.[Zr+2]=[C](c1ccccc1)c1ccccc1. The van der Waals surface area contributed by atoms with Gasteiger partial charge < -0.3 is 0 Å². The van der Waals surface area contributed by atoms with E-state index in [2.05, 4.69) is 272 Å². The number of allylic oxidation sites excluding steroid dienone is 4. The van der Waals surface area contributed by atoms with Crippen LogP contribution in [0.2, 0.25) is 0 Å². The molecule has 0 N–H and O–H groups in total. The second-order valence-electron chi connectivity index (χ2n) is 18.6. The molecule has 1 aliphatic carbocycles. The molecule has 1 heteroatoms. The van der Waals surface area contributed by atoms with E-state index in [4.69, 9.17) is 0 Å². The van der Waals surface area contributed by atoms with Gasteiger partial charge in [0.2, 0.25) is 0 Å². The van der Waals surface area contributed by atoms with Gasteiger partial charge in [-0.2, -0.15) is 11.6 Å². The molecule has 0 nitrogen and oxygen atoms in total. The molecule has 0 saturated carbocycles. The van der Waals surface area contributed by atoms with Crippen molar-refractivity contribution in [3.63, 3.8) is 0 Å². The third kappa shape index (κ3) is 10.3. The van der Waals surface area contributed by atoms with E-state index >= 15 is 0 Å². The van der Waals surface area contributed by atoms with Gasteiger partial charge in [0.25, 0.3) is 0 Å². The molecule has 10 rings (SSSR count). The molecule has 0 amide bonds. The van der Waals surface area contributed by atoms with Crippen LogP contribution in [0.1, 0.15) is 92.0 Å². The minimum absolute atomic E-state index is 0.101. The Bertz CT molecular complexity index is 2900. The fraction of sp³-hybridized carbons (Fsp3) is 0.143. The number of benzene rings is 8. The summed E-state index contributed by atoms with van der Waals surface area (Å²) >= 11 is 1.46. The van der Waals surface area contributed by atoms with E-state index in [9.17, 15) is 0 Å². The van der Waals surface area contributed by atoms with Gasteiger partial charge in [0.05, 0.1) is 0 Å². The topological polar surface area (TPSA) is 0 Å². The van der Waals surface area contributed by atoms with Crippen molar-refractivity contribution in [3.8, 4) is 0 Å². The predicted molar refractivity (Wildman–Crippen MR) is 273 cm³/mol. The monoisotopic (exact) mass is 902 g/mol. The first kappa shape index (κ1) is 44.5. The van der Waals surface area contributed by atoms with E-state index in [0.29, 0.717) is 0 Å². The molecule has 0 heterocycles. The second kappa shape index (κ2) is 19.7. The maximum atomic E-state index is 3.86. The average Bonchev–Trinajstić information content (AvgIpc) is 3.92. The summed E-state index contributed by atoms with van der Waals surface area (Å²) < 4.78 is 1.42. The average molecular weight is 904 g/mol. The van der Waals surface area contributed by atoms with Crippen LogP contribution in [0, 0.1) is 6.08 Å². The quantitative estimate of drug-likeness (QED) is 0.146. The van der Waals surface area contributed by atoms with Gasteiger partial charge >= 0.3 is 99.2 Å². The Balaban J connectivity index is 0.000000140. The third-order valence-corrected chi connectivity index (χ3v) is 13.4. The van der Waals surface area contributed by atoms with E-state index in [1.54, 1.807) is 0 Å². The van der Waals surface area contributed by atoms with E-state index in [1.165, 1.54) is 110 Å². The molecule has 1 aliphatic rings. The Hall–Kier alpha value is -6.14. The van der Waals surface area contributed by atoms with Gasteiger partial charge in [0.1, 0.15) is 0 Å². The molecule has 0 spiro atoms. The Labute approximate surface area is 396 Å². The van der Waals surface area contributed by atoms with Gasteiger partial charge in [-0.05, 0) is 27.9 Å². The molecule has 0 aliphatic heterocycles. The number of hydrogen-bond acceptors (Lipinski definition) is 0. The van der Waals surface area contributed by atoms with Crippen LogP contribution < -0.4 is 0 Å². The van der Waals surface area contributed by atoms with Crippen LogP contribution in [0.5, 0.6) is 0 Å². The molecule has 312 valence electrons. The summed E-state index contributed by atoms with van der Waals surface area (Å²) in [6.45, 7) is 13.6. The van der Waals surface area contributed by atoms with Gasteiger partial charge in [-0.25, -0.2) is 0 Å². The zero-order valence-electron chi connectivity index (χ0n) is 37.9. The van der Waals surface area contributed by atoms with Crippen LogP contribution in [0.25, 0.3) is 38.3 Å². The summed E-state index contributed by atoms with van der Waals surface area (Å²) in [5.74, 6) is 0.101. The molecule has 0 aromatic heterocycles. The van der Waals surface area contributed by atoms with E-state index < -0.39 is 0 Å². The van der Waals surface area contributed by atoms with Gasteiger partial charge in [-0.3, -0.25) is 0 Å². The molecule has 9 aromatic carbocycles. The van der Waals surface area contributed by atoms with Crippen molar-refractivity contribution in [2.24, 2.45) is 0 Å². The van der Waals surface area contributed by atoms with Gasteiger partial charge in [0, 0.05) is 0 Å². The van der Waals surface area contributed by atoms with Crippen molar-refractivity contribution >= 4 is 41.5 Å². The Morgan fingerprint density at radius 3 is 1.23 bits per heavy atom.